The molecule has 5 heteroatoms. The maximum absolute atomic E-state index is 5.88. The molecule has 7 aromatic carbocycles. The molecule has 4 nitrogen and oxygen atoms in total. The van der Waals surface area contributed by atoms with E-state index in [1.165, 1.54) is 72.3 Å². The average Bonchev–Trinajstić information content (AvgIpc) is 3.67. The lowest BCUT2D eigenvalue weighted by Crippen LogP contribution is -2.61. The number of benzene rings is 7. The SMILES string of the molecule is CC(C)c1cccc(C(C)C)c1-c1nc2cc(C(C)(C)C)cc3c2n1-c1cc(N(c2ccccc2)c2ccccc2)cc2c1B3c1cc(C(C)(C)C)ccc1N2c1ccc(C(C)(C)C)cc1. The van der Waals surface area contributed by atoms with E-state index in [9.17, 15) is 0 Å². The second-order valence-electron chi connectivity index (χ2n) is 22.6. The molecule has 0 saturated carbocycles. The predicted octanol–water partition coefficient (Wildman–Crippen LogP) is 14.9. The third-order valence-corrected chi connectivity index (χ3v) is 14.2. The number of anilines is 6. The Morgan fingerprint density at radius 2 is 1.02 bits per heavy atom. The van der Waals surface area contributed by atoms with Gasteiger partial charge in [0.1, 0.15) is 5.82 Å². The highest BCUT2D eigenvalue weighted by molar-refractivity contribution is 7.00. The number of hydrogen-bond acceptors (Lipinski definition) is 3. The predicted molar refractivity (Wildman–Crippen MR) is 285 cm³/mol. The summed E-state index contributed by atoms with van der Waals surface area (Å²) in [6, 6.07) is 55.2. The van der Waals surface area contributed by atoms with Gasteiger partial charge in [-0.3, -0.25) is 4.57 Å². The molecule has 0 aliphatic carbocycles. The van der Waals surface area contributed by atoms with E-state index >= 15 is 0 Å². The summed E-state index contributed by atoms with van der Waals surface area (Å²) in [4.78, 5) is 10.9. The number of fused-ring (bicyclic) bond motifs is 4. The molecule has 0 unspecified atom stereocenters. The van der Waals surface area contributed by atoms with Crippen LogP contribution in [-0.2, 0) is 16.2 Å². The molecule has 0 atom stereocenters. The molecule has 0 N–H and O–H groups in total. The van der Waals surface area contributed by atoms with Crippen molar-refractivity contribution < 1.29 is 0 Å². The van der Waals surface area contributed by atoms with Gasteiger partial charge in [0.15, 0.2) is 0 Å². The molecule has 0 spiro atoms. The molecular weight excluding hydrogens is 800 g/mol. The van der Waals surface area contributed by atoms with Gasteiger partial charge >= 0.3 is 0 Å². The van der Waals surface area contributed by atoms with Gasteiger partial charge in [0.2, 0.25) is 0 Å². The summed E-state index contributed by atoms with van der Waals surface area (Å²) in [5, 5.41) is 0. The molecule has 1 aromatic heterocycles. The monoisotopic (exact) mass is 865 g/mol. The van der Waals surface area contributed by atoms with Gasteiger partial charge in [-0.1, -0.05) is 175 Å². The largest absolute Gasteiger partial charge is 0.311 e. The Bertz CT molecular complexity index is 3070. The summed E-state index contributed by atoms with van der Waals surface area (Å²) in [6.07, 6.45) is 0. The number of hydrogen-bond donors (Lipinski definition) is 0. The summed E-state index contributed by atoms with van der Waals surface area (Å²) in [7, 11) is 0. The van der Waals surface area contributed by atoms with E-state index in [0.717, 1.165) is 34.1 Å². The van der Waals surface area contributed by atoms with Gasteiger partial charge in [-0.15, -0.1) is 0 Å². The van der Waals surface area contributed by atoms with Crippen LogP contribution in [-0.4, -0.2) is 16.3 Å². The first-order valence-electron chi connectivity index (χ1n) is 24.1. The first-order valence-corrected chi connectivity index (χ1v) is 24.1. The van der Waals surface area contributed by atoms with Crippen molar-refractivity contribution in [2.45, 2.75) is 118 Å². The van der Waals surface area contributed by atoms with Crippen LogP contribution in [0, 0.1) is 0 Å². The smallest absolute Gasteiger partial charge is 0.252 e. The van der Waals surface area contributed by atoms with Crippen LogP contribution in [0.5, 0.6) is 0 Å². The molecule has 10 rings (SSSR count). The van der Waals surface area contributed by atoms with Gasteiger partial charge in [0.05, 0.1) is 16.7 Å². The minimum absolute atomic E-state index is 0.0226. The van der Waals surface area contributed by atoms with Crippen molar-refractivity contribution >= 4 is 68.3 Å². The van der Waals surface area contributed by atoms with Crippen LogP contribution in [0.1, 0.15) is 130 Å². The quantitative estimate of drug-likeness (QED) is 0.149. The highest BCUT2D eigenvalue weighted by atomic mass is 15.2. The van der Waals surface area contributed by atoms with E-state index in [1.54, 1.807) is 0 Å². The Morgan fingerprint density at radius 1 is 0.485 bits per heavy atom. The molecule has 2 aliphatic heterocycles. The van der Waals surface area contributed by atoms with Crippen LogP contribution in [0.2, 0.25) is 0 Å². The van der Waals surface area contributed by atoms with E-state index < -0.39 is 0 Å². The number of para-hydroxylation sites is 2. The Morgan fingerprint density at radius 3 is 1.56 bits per heavy atom. The number of nitrogens with zero attached hydrogens (tertiary/aromatic N) is 4. The number of rotatable bonds is 7. The maximum Gasteiger partial charge on any atom is 0.252 e. The Balaban J connectivity index is 1.41. The molecule has 8 aromatic rings. The lowest BCUT2D eigenvalue weighted by molar-refractivity contribution is 0.590. The van der Waals surface area contributed by atoms with Gasteiger partial charge in [-0.2, -0.15) is 0 Å². The summed E-state index contributed by atoms with van der Waals surface area (Å²) in [5.74, 6) is 1.62. The van der Waals surface area contributed by atoms with Crippen LogP contribution >= 0.6 is 0 Å². The number of imidazole rings is 1. The van der Waals surface area contributed by atoms with Crippen LogP contribution < -0.4 is 26.2 Å². The fraction of sp³-hybridized carbons (Fsp3) is 0.295. The molecular formula is C61H65BN4. The molecule has 0 bridgehead atoms. The topological polar surface area (TPSA) is 24.3 Å². The van der Waals surface area contributed by atoms with Crippen LogP contribution in [0.3, 0.4) is 0 Å². The fourth-order valence-electron chi connectivity index (χ4n) is 10.6. The number of aromatic nitrogens is 2. The van der Waals surface area contributed by atoms with Gasteiger partial charge in [-0.05, 0) is 133 Å². The lowest BCUT2D eigenvalue weighted by atomic mass is 9.33. The van der Waals surface area contributed by atoms with Crippen molar-refractivity contribution in [3.8, 4) is 17.1 Å². The Hall–Kier alpha value is -6.33. The molecule has 0 saturated heterocycles. The molecule has 3 heterocycles. The Kier molecular flexibility index (Phi) is 10.3. The molecule has 0 fully saturated rings. The van der Waals surface area contributed by atoms with Crippen LogP contribution in [0.15, 0.2) is 146 Å². The average molecular weight is 865 g/mol. The zero-order valence-corrected chi connectivity index (χ0v) is 41.4. The molecule has 66 heavy (non-hydrogen) atoms. The summed E-state index contributed by atoms with van der Waals surface area (Å²) in [6.45, 7) is 30.2. The second-order valence-corrected chi connectivity index (χ2v) is 22.6. The van der Waals surface area contributed by atoms with Gasteiger partial charge in [0.25, 0.3) is 6.71 Å². The van der Waals surface area contributed by atoms with E-state index in [1.807, 2.05) is 0 Å². The normalized spacial score (nSPS) is 13.4. The van der Waals surface area contributed by atoms with Gasteiger partial charge < -0.3 is 9.80 Å². The van der Waals surface area contributed by atoms with Gasteiger partial charge in [0, 0.05) is 39.7 Å². The molecule has 0 radical (unpaired) electrons. The summed E-state index contributed by atoms with van der Waals surface area (Å²) >= 11 is 0. The summed E-state index contributed by atoms with van der Waals surface area (Å²) < 4.78 is 2.58. The third-order valence-electron chi connectivity index (χ3n) is 14.2. The summed E-state index contributed by atoms with van der Waals surface area (Å²) in [5.41, 5.74) is 22.0. The van der Waals surface area contributed by atoms with Crippen molar-refractivity contribution in [3.63, 3.8) is 0 Å². The first-order chi connectivity index (χ1) is 31.3. The second kappa shape index (κ2) is 15.7. The van der Waals surface area contributed by atoms with Crippen molar-refractivity contribution in [1.82, 2.24) is 9.55 Å². The fourth-order valence-corrected chi connectivity index (χ4v) is 10.6. The maximum atomic E-state index is 5.88. The molecule has 2 aliphatic rings. The van der Waals surface area contributed by atoms with E-state index in [0.29, 0.717) is 11.8 Å². The first kappa shape index (κ1) is 43.6. The molecule has 0 amide bonds. The van der Waals surface area contributed by atoms with E-state index in [-0.39, 0.29) is 23.0 Å². The van der Waals surface area contributed by atoms with Gasteiger partial charge in [-0.25, -0.2) is 4.98 Å². The zero-order valence-electron chi connectivity index (χ0n) is 41.4. The van der Waals surface area contributed by atoms with Crippen LogP contribution in [0.4, 0.5) is 34.1 Å². The minimum atomic E-state index is -0.0992. The molecule has 332 valence electrons. The lowest BCUT2D eigenvalue weighted by Gasteiger charge is -2.42. The highest BCUT2D eigenvalue weighted by Crippen LogP contribution is 2.47. The van der Waals surface area contributed by atoms with Crippen LogP contribution in [0.25, 0.3) is 28.1 Å². The Labute approximate surface area is 394 Å². The van der Waals surface area contributed by atoms with E-state index in [2.05, 4.69) is 250 Å². The van der Waals surface area contributed by atoms with Crippen molar-refractivity contribution in [2.75, 3.05) is 9.80 Å². The van der Waals surface area contributed by atoms with E-state index in [4.69, 9.17) is 4.98 Å². The van der Waals surface area contributed by atoms with Crippen molar-refractivity contribution in [3.05, 3.63) is 173 Å². The zero-order chi connectivity index (χ0) is 46.6. The highest BCUT2D eigenvalue weighted by Gasteiger charge is 2.44. The van der Waals surface area contributed by atoms with Crippen molar-refractivity contribution in [2.24, 2.45) is 0 Å². The minimum Gasteiger partial charge on any atom is -0.311 e. The van der Waals surface area contributed by atoms with Crippen molar-refractivity contribution in [1.29, 1.82) is 0 Å². The standard InChI is InChI=1S/C61H65BN4/c1-38(2)47-25-20-26-48(39(3)4)55(47)58-63-51-35-42(61(11,12)13)34-50-57(51)66(58)54-37-46(64(43-21-16-14-17-22-43)44-23-18-15-19-24-44)36-53-56(54)62(50)49-33-41(60(8,9)10)29-32-52(49)65(53)45-30-27-40(28-31-45)59(5,6)7/h14-39H,1-13H3. The third kappa shape index (κ3) is 7.18.